The molecule has 20 heavy (non-hydrogen) atoms. The highest BCUT2D eigenvalue weighted by Gasteiger charge is 2.04. The fraction of sp³-hybridized carbons (Fsp3) is 0.0769. The Hall–Kier alpha value is -2.96. The summed E-state index contributed by atoms with van der Waals surface area (Å²) in [5.74, 6) is -0.148. The quantitative estimate of drug-likeness (QED) is 0.746. The zero-order chi connectivity index (χ0) is 13.8. The van der Waals surface area contributed by atoms with E-state index in [-0.39, 0.29) is 12.5 Å². The lowest BCUT2D eigenvalue weighted by molar-refractivity contribution is -0.116. The van der Waals surface area contributed by atoms with Gasteiger partial charge in [0.15, 0.2) is 0 Å². The van der Waals surface area contributed by atoms with Crippen molar-refractivity contribution < 1.29 is 4.79 Å². The Labute approximate surface area is 114 Å². The van der Waals surface area contributed by atoms with Crippen LogP contribution in [0.3, 0.4) is 0 Å². The van der Waals surface area contributed by atoms with Gasteiger partial charge in [0.05, 0.1) is 11.9 Å². The van der Waals surface area contributed by atoms with Crippen molar-refractivity contribution in [3.8, 4) is 11.3 Å². The molecule has 0 saturated heterocycles. The first-order valence-corrected chi connectivity index (χ1v) is 6.05. The maximum absolute atomic E-state index is 11.8. The number of carbonyl (C=O) groups excluding carboxylic acids is 1. The van der Waals surface area contributed by atoms with Crippen LogP contribution in [0.15, 0.2) is 48.9 Å². The molecule has 0 aliphatic carbocycles. The summed E-state index contributed by atoms with van der Waals surface area (Å²) >= 11 is 0. The fourth-order valence-electron chi connectivity index (χ4n) is 1.81. The Kier molecular flexibility index (Phi) is 3.24. The van der Waals surface area contributed by atoms with Gasteiger partial charge in [-0.15, -0.1) is 5.10 Å². The van der Waals surface area contributed by atoms with E-state index < -0.39 is 0 Å². The number of nitrogens with one attached hydrogen (secondary N) is 2. The van der Waals surface area contributed by atoms with Gasteiger partial charge >= 0.3 is 0 Å². The standard InChI is InChI=1S/C13H12N6O/c20-13(9-19-8-7-15-18-19)16-11-3-1-10(2-4-11)12-5-6-14-17-12/h1-8H,9H2,(H,14,17)(H,16,20). The van der Waals surface area contributed by atoms with Gasteiger partial charge in [-0.1, -0.05) is 17.3 Å². The second kappa shape index (κ2) is 5.35. The van der Waals surface area contributed by atoms with Crippen LogP contribution in [0.5, 0.6) is 0 Å². The molecule has 3 rings (SSSR count). The summed E-state index contributed by atoms with van der Waals surface area (Å²) in [6.45, 7) is 0.141. The molecule has 0 radical (unpaired) electrons. The Morgan fingerprint density at radius 2 is 2.05 bits per heavy atom. The molecular weight excluding hydrogens is 256 g/mol. The number of hydrogen-bond donors (Lipinski definition) is 2. The van der Waals surface area contributed by atoms with Crippen molar-refractivity contribution in [3.05, 3.63) is 48.9 Å². The minimum Gasteiger partial charge on any atom is -0.324 e. The average Bonchev–Trinajstić information content (AvgIpc) is 3.12. The second-order valence-electron chi connectivity index (χ2n) is 4.20. The molecule has 1 aromatic carbocycles. The molecule has 0 fully saturated rings. The van der Waals surface area contributed by atoms with Crippen LogP contribution in [0.1, 0.15) is 0 Å². The molecule has 0 spiro atoms. The number of benzene rings is 1. The van der Waals surface area contributed by atoms with E-state index in [0.29, 0.717) is 0 Å². The van der Waals surface area contributed by atoms with Gasteiger partial charge in [0.25, 0.3) is 0 Å². The van der Waals surface area contributed by atoms with Gasteiger partial charge in [0, 0.05) is 18.1 Å². The lowest BCUT2D eigenvalue weighted by Gasteiger charge is -2.05. The molecule has 2 aromatic heterocycles. The van der Waals surface area contributed by atoms with E-state index in [2.05, 4.69) is 25.8 Å². The van der Waals surface area contributed by atoms with E-state index in [1.807, 2.05) is 30.3 Å². The van der Waals surface area contributed by atoms with Crippen molar-refractivity contribution in [2.75, 3.05) is 5.32 Å². The van der Waals surface area contributed by atoms with Crippen molar-refractivity contribution in [3.63, 3.8) is 0 Å². The van der Waals surface area contributed by atoms with Crippen molar-refractivity contribution >= 4 is 11.6 Å². The number of rotatable bonds is 4. The molecule has 1 amide bonds. The van der Waals surface area contributed by atoms with Crippen LogP contribution >= 0.6 is 0 Å². The molecule has 7 heteroatoms. The zero-order valence-corrected chi connectivity index (χ0v) is 10.5. The van der Waals surface area contributed by atoms with E-state index >= 15 is 0 Å². The van der Waals surface area contributed by atoms with Crippen LogP contribution in [0, 0.1) is 0 Å². The first-order chi connectivity index (χ1) is 9.81. The molecule has 0 saturated carbocycles. The van der Waals surface area contributed by atoms with Crippen molar-refractivity contribution in [2.24, 2.45) is 0 Å². The molecule has 0 aliphatic heterocycles. The highest BCUT2D eigenvalue weighted by Crippen LogP contribution is 2.18. The highest BCUT2D eigenvalue weighted by molar-refractivity contribution is 5.90. The van der Waals surface area contributed by atoms with E-state index in [4.69, 9.17) is 0 Å². The molecule has 2 N–H and O–H groups in total. The molecular formula is C13H12N6O. The van der Waals surface area contributed by atoms with Crippen LogP contribution in [0.2, 0.25) is 0 Å². The third-order valence-corrected chi connectivity index (χ3v) is 2.76. The number of carbonyl (C=O) groups is 1. The third-order valence-electron chi connectivity index (χ3n) is 2.76. The Balaban J connectivity index is 1.65. The number of anilines is 1. The van der Waals surface area contributed by atoms with Gasteiger partial charge in [-0.05, 0) is 23.8 Å². The molecule has 0 aliphatic rings. The molecule has 0 unspecified atom stereocenters. The number of aromatic nitrogens is 5. The predicted molar refractivity (Wildman–Crippen MR) is 72.7 cm³/mol. The summed E-state index contributed by atoms with van der Waals surface area (Å²) in [5.41, 5.74) is 2.68. The summed E-state index contributed by atoms with van der Waals surface area (Å²) < 4.78 is 1.47. The SMILES string of the molecule is O=C(Cn1ccnn1)Nc1ccc(-c2ccn[nH]2)cc1. The summed E-state index contributed by atoms with van der Waals surface area (Å²) in [5, 5.41) is 17.0. The van der Waals surface area contributed by atoms with E-state index in [1.165, 1.54) is 10.9 Å². The third kappa shape index (κ3) is 2.72. The van der Waals surface area contributed by atoms with Gasteiger partial charge < -0.3 is 5.32 Å². The number of amides is 1. The van der Waals surface area contributed by atoms with Crippen LogP contribution in [0.4, 0.5) is 5.69 Å². The maximum Gasteiger partial charge on any atom is 0.246 e. The molecule has 0 bridgehead atoms. The topological polar surface area (TPSA) is 88.5 Å². The molecule has 2 heterocycles. The Morgan fingerprint density at radius 1 is 1.20 bits per heavy atom. The lowest BCUT2D eigenvalue weighted by atomic mass is 10.1. The molecule has 0 atom stereocenters. The lowest BCUT2D eigenvalue weighted by Crippen LogP contribution is -2.19. The highest BCUT2D eigenvalue weighted by atomic mass is 16.2. The van der Waals surface area contributed by atoms with Crippen LogP contribution in [0.25, 0.3) is 11.3 Å². The van der Waals surface area contributed by atoms with Crippen molar-refractivity contribution in [1.29, 1.82) is 0 Å². The molecule has 3 aromatic rings. The smallest absolute Gasteiger partial charge is 0.246 e. The first kappa shape index (κ1) is 12.1. The summed E-state index contributed by atoms with van der Waals surface area (Å²) in [4.78, 5) is 11.8. The summed E-state index contributed by atoms with van der Waals surface area (Å²) in [6, 6.07) is 9.40. The second-order valence-corrected chi connectivity index (χ2v) is 4.20. The maximum atomic E-state index is 11.8. The molecule has 7 nitrogen and oxygen atoms in total. The summed E-state index contributed by atoms with van der Waals surface area (Å²) in [7, 11) is 0. The number of aromatic amines is 1. The normalized spacial score (nSPS) is 10.4. The zero-order valence-electron chi connectivity index (χ0n) is 10.5. The van der Waals surface area contributed by atoms with E-state index in [9.17, 15) is 4.79 Å². The Bertz CT molecular complexity index is 672. The van der Waals surface area contributed by atoms with Crippen molar-refractivity contribution in [2.45, 2.75) is 6.54 Å². The van der Waals surface area contributed by atoms with Crippen LogP contribution in [-0.4, -0.2) is 31.1 Å². The number of nitrogens with zero attached hydrogens (tertiary/aromatic N) is 4. The van der Waals surface area contributed by atoms with E-state index in [1.54, 1.807) is 12.4 Å². The number of H-pyrrole nitrogens is 1. The summed E-state index contributed by atoms with van der Waals surface area (Å²) in [6.07, 6.45) is 4.87. The minimum absolute atomic E-state index is 0.141. The monoisotopic (exact) mass is 268 g/mol. The van der Waals surface area contributed by atoms with Gasteiger partial charge in [-0.2, -0.15) is 5.10 Å². The largest absolute Gasteiger partial charge is 0.324 e. The average molecular weight is 268 g/mol. The predicted octanol–water partition coefficient (Wildman–Crippen LogP) is 1.31. The minimum atomic E-state index is -0.148. The van der Waals surface area contributed by atoms with Crippen LogP contribution < -0.4 is 5.32 Å². The molecule has 100 valence electrons. The van der Waals surface area contributed by atoms with Crippen LogP contribution in [-0.2, 0) is 11.3 Å². The van der Waals surface area contributed by atoms with Gasteiger partial charge in [0.2, 0.25) is 5.91 Å². The van der Waals surface area contributed by atoms with Gasteiger partial charge in [-0.3, -0.25) is 9.89 Å². The number of hydrogen-bond acceptors (Lipinski definition) is 4. The van der Waals surface area contributed by atoms with Gasteiger partial charge in [-0.25, -0.2) is 4.68 Å². The Morgan fingerprint density at radius 3 is 2.70 bits per heavy atom. The van der Waals surface area contributed by atoms with Crippen molar-refractivity contribution in [1.82, 2.24) is 25.2 Å². The van der Waals surface area contributed by atoms with Gasteiger partial charge in [0.1, 0.15) is 6.54 Å². The van der Waals surface area contributed by atoms with E-state index in [0.717, 1.165) is 16.9 Å². The first-order valence-electron chi connectivity index (χ1n) is 6.05. The fourth-order valence-corrected chi connectivity index (χ4v) is 1.81.